The summed E-state index contributed by atoms with van der Waals surface area (Å²) in [5.74, 6) is 4.46. The molecule has 1 N–H and O–H groups in total. The fourth-order valence-corrected chi connectivity index (χ4v) is 11.5. The van der Waals surface area contributed by atoms with Crippen LogP contribution in [0, 0.1) is 56.7 Å². The Morgan fingerprint density at radius 2 is 1.48 bits per heavy atom. The van der Waals surface area contributed by atoms with E-state index < -0.39 is 0 Å². The molecule has 0 unspecified atom stereocenters. The lowest BCUT2D eigenvalue weighted by Crippen LogP contribution is -2.56. The van der Waals surface area contributed by atoms with E-state index in [1.165, 1.54) is 83.5 Å². The topological polar surface area (TPSA) is 20.2 Å². The first-order chi connectivity index (χ1) is 14.6. The second kappa shape index (κ2) is 7.23. The Kier molecular flexibility index (Phi) is 5.30. The van der Waals surface area contributed by atoms with Crippen LogP contribution in [0.25, 0.3) is 0 Å². The second-order valence-electron chi connectivity index (χ2n) is 14.6. The molecule has 0 saturated heterocycles. The normalized spacial score (nSPS) is 54.0. The van der Waals surface area contributed by atoms with E-state index in [2.05, 4.69) is 41.5 Å². The summed E-state index contributed by atoms with van der Waals surface area (Å²) in [4.78, 5) is 0. The zero-order valence-corrected chi connectivity index (χ0v) is 21.7. The molecule has 5 aliphatic rings. The molecular formula is C30H52O. The average Bonchev–Trinajstić information content (AvgIpc) is 3.29. The van der Waals surface area contributed by atoms with Crippen LogP contribution in [0.2, 0.25) is 0 Å². The van der Waals surface area contributed by atoms with Crippen LogP contribution in [0.4, 0.5) is 0 Å². The summed E-state index contributed by atoms with van der Waals surface area (Å²) >= 11 is 0. The maximum Gasteiger partial charge on any atom is 0.0487 e. The zero-order valence-electron chi connectivity index (χ0n) is 21.7. The SMILES string of the molecule is CC(C)CCC[C@@H](C)[C@H]1CC[C@@]2(C)[C@@H]3CC[C@H]4[C@@](C)(CO)CCC[C@@]45C[C@@]35CC[C@]12C. The van der Waals surface area contributed by atoms with Crippen molar-refractivity contribution < 1.29 is 5.11 Å². The second-order valence-corrected chi connectivity index (χ2v) is 14.6. The summed E-state index contributed by atoms with van der Waals surface area (Å²) in [5.41, 5.74) is 2.58. The van der Waals surface area contributed by atoms with Crippen molar-refractivity contribution in [3.63, 3.8) is 0 Å². The predicted octanol–water partition coefficient (Wildman–Crippen LogP) is 8.25. The quantitative estimate of drug-likeness (QED) is 0.451. The standard InChI is InChI=1S/C30H52O/c1-21(2)9-7-10-22(3)23-13-16-28(6)25-12-11-24-26(4,20-31)14-8-15-29(24)19-30(25,29)18-17-27(23,28)5/h21-25,31H,7-20H2,1-6H3/t22-,23-,24+,25+,26-,27-,28+,29-,30+/m1/s1. The predicted molar refractivity (Wildman–Crippen MR) is 131 cm³/mol. The fourth-order valence-electron chi connectivity index (χ4n) is 11.5. The minimum absolute atomic E-state index is 0.206. The number of fused-ring (bicyclic) bond motifs is 2. The van der Waals surface area contributed by atoms with Gasteiger partial charge in [0.15, 0.2) is 0 Å². The van der Waals surface area contributed by atoms with Crippen LogP contribution in [0.5, 0.6) is 0 Å². The van der Waals surface area contributed by atoms with Gasteiger partial charge in [0.25, 0.3) is 0 Å². The van der Waals surface area contributed by atoms with Gasteiger partial charge in [-0.2, -0.15) is 0 Å². The van der Waals surface area contributed by atoms with Gasteiger partial charge in [0.1, 0.15) is 0 Å². The molecule has 5 fully saturated rings. The molecule has 5 aliphatic carbocycles. The van der Waals surface area contributed by atoms with Gasteiger partial charge >= 0.3 is 0 Å². The summed E-state index contributed by atoms with van der Waals surface area (Å²) in [7, 11) is 0. The molecule has 9 atom stereocenters. The molecule has 0 aromatic carbocycles. The fraction of sp³-hybridized carbons (Fsp3) is 1.00. The molecule has 0 bridgehead atoms. The van der Waals surface area contributed by atoms with Gasteiger partial charge in [-0.15, -0.1) is 0 Å². The lowest BCUT2D eigenvalue weighted by atomic mass is 9.42. The van der Waals surface area contributed by atoms with Crippen LogP contribution in [0.15, 0.2) is 0 Å². The first-order valence-electron chi connectivity index (χ1n) is 14.2. The van der Waals surface area contributed by atoms with Crippen LogP contribution >= 0.6 is 0 Å². The van der Waals surface area contributed by atoms with Crippen molar-refractivity contribution >= 4 is 0 Å². The molecule has 0 heterocycles. The van der Waals surface area contributed by atoms with Gasteiger partial charge in [0.05, 0.1) is 0 Å². The Morgan fingerprint density at radius 3 is 2.19 bits per heavy atom. The summed E-state index contributed by atoms with van der Waals surface area (Å²) in [6, 6.07) is 0. The molecule has 31 heavy (non-hydrogen) atoms. The Balaban J connectivity index is 1.39. The molecule has 5 saturated carbocycles. The van der Waals surface area contributed by atoms with E-state index >= 15 is 0 Å². The molecule has 0 radical (unpaired) electrons. The van der Waals surface area contributed by atoms with E-state index in [-0.39, 0.29) is 5.41 Å². The lowest BCUT2D eigenvalue weighted by Gasteiger charge is -2.63. The van der Waals surface area contributed by atoms with Crippen LogP contribution < -0.4 is 0 Å². The molecule has 2 spiro atoms. The maximum absolute atomic E-state index is 10.4. The first-order valence-corrected chi connectivity index (χ1v) is 14.2. The minimum atomic E-state index is 0.206. The van der Waals surface area contributed by atoms with Gasteiger partial charge in [-0.25, -0.2) is 0 Å². The van der Waals surface area contributed by atoms with E-state index in [4.69, 9.17) is 0 Å². The highest BCUT2D eigenvalue weighted by Crippen LogP contribution is 2.89. The number of hydrogen-bond donors (Lipinski definition) is 1. The molecule has 178 valence electrons. The third kappa shape index (κ3) is 2.83. The molecule has 0 aromatic rings. The van der Waals surface area contributed by atoms with Crippen molar-refractivity contribution in [2.24, 2.45) is 56.7 Å². The maximum atomic E-state index is 10.4. The van der Waals surface area contributed by atoms with E-state index in [1.807, 2.05) is 0 Å². The van der Waals surface area contributed by atoms with Crippen molar-refractivity contribution in [1.29, 1.82) is 0 Å². The van der Waals surface area contributed by atoms with Crippen LogP contribution in [-0.2, 0) is 0 Å². The van der Waals surface area contributed by atoms with E-state index in [0.29, 0.717) is 28.3 Å². The molecular weight excluding hydrogens is 376 g/mol. The Morgan fingerprint density at radius 1 is 0.774 bits per heavy atom. The molecule has 1 nitrogen and oxygen atoms in total. The largest absolute Gasteiger partial charge is 0.396 e. The van der Waals surface area contributed by atoms with Gasteiger partial charge in [0.2, 0.25) is 0 Å². The van der Waals surface area contributed by atoms with Gasteiger partial charge in [-0.1, -0.05) is 67.2 Å². The van der Waals surface area contributed by atoms with Gasteiger partial charge in [-0.3, -0.25) is 0 Å². The lowest BCUT2D eigenvalue weighted by molar-refractivity contribution is -0.149. The van der Waals surface area contributed by atoms with Crippen LogP contribution in [0.3, 0.4) is 0 Å². The molecule has 0 aromatic heterocycles. The Labute approximate surface area is 193 Å². The molecule has 0 aliphatic heterocycles. The number of hydrogen-bond acceptors (Lipinski definition) is 1. The van der Waals surface area contributed by atoms with E-state index in [0.717, 1.165) is 29.6 Å². The monoisotopic (exact) mass is 428 g/mol. The first kappa shape index (κ1) is 22.7. The highest BCUT2D eigenvalue weighted by Gasteiger charge is 2.81. The molecule has 0 amide bonds. The van der Waals surface area contributed by atoms with Crippen molar-refractivity contribution in [2.75, 3.05) is 6.61 Å². The van der Waals surface area contributed by atoms with Crippen molar-refractivity contribution in [3.05, 3.63) is 0 Å². The van der Waals surface area contributed by atoms with E-state index in [1.54, 1.807) is 0 Å². The van der Waals surface area contributed by atoms with Gasteiger partial charge in [-0.05, 0) is 114 Å². The van der Waals surface area contributed by atoms with Crippen molar-refractivity contribution in [3.8, 4) is 0 Å². The van der Waals surface area contributed by atoms with Crippen molar-refractivity contribution in [1.82, 2.24) is 0 Å². The van der Waals surface area contributed by atoms with E-state index in [9.17, 15) is 5.11 Å². The number of rotatable bonds is 6. The number of aliphatic hydroxyl groups excluding tert-OH is 1. The summed E-state index contributed by atoms with van der Waals surface area (Å²) in [5, 5.41) is 10.4. The summed E-state index contributed by atoms with van der Waals surface area (Å²) in [6.07, 6.45) is 18.8. The summed E-state index contributed by atoms with van der Waals surface area (Å²) < 4.78 is 0. The smallest absolute Gasteiger partial charge is 0.0487 e. The van der Waals surface area contributed by atoms with Gasteiger partial charge < -0.3 is 5.11 Å². The number of aliphatic hydroxyl groups is 1. The highest BCUT2D eigenvalue weighted by molar-refractivity contribution is 5.30. The third-order valence-electron chi connectivity index (χ3n) is 13.2. The highest BCUT2D eigenvalue weighted by atomic mass is 16.3. The Bertz CT molecular complexity index is 699. The zero-order chi connectivity index (χ0) is 22.3. The molecule has 5 rings (SSSR count). The minimum Gasteiger partial charge on any atom is -0.396 e. The summed E-state index contributed by atoms with van der Waals surface area (Å²) in [6.45, 7) is 15.7. The van der Waals surface area contributed by atoms with Crippen LogP contribution in [0.1, 0.15) is 125 Å². The third-order valence-corrected chi connectivity index (χ3v) is 13.2. The Hall–Kier alpha value is -0.0400. The van der Waals surface area contributed by atoms with Crippen LogP contribution in [-0.4, -0.2) is 11.7 Å². The molecule has 1 heteroatoms. The van der Waals surface area contributed by atoms with Crippen molar-refractivity contribution in [2.45, 2.75) is 125 Å². The van der Waals surface area contributed by atoms with Gasteiger partial charge in [0, 0.05) is 6.61 Å². The average molecular weight is 429 g/mol.